The number of nitrogens with zero attached hydrogens (tertiary/aromatic N) is 2. The third-order valence-electron chi connectivity index (χ3n) is 6.93. The summed E-state index contributed by atoms with van der Waals surface area (Å²) in [6, 6.07) is 25.1. The van der Waals surface area contributed by atoms with E-state index in [1.165, 1.54) is 0 Å². The van der Waals surface area contributed by atoms with Gasteiger partial charge in [-0.1, -0.05) is 86.6 Å². The molecule has 1 aromatic heterocycles. The number of aromatic nitrogens is 1. The molecule has 0 bridgehead atoms. The number of rotatable bonds is 13. The Morgan fingerprint density at radius 3 is 2.17 bits per heavy atom. The average Bonchev–Trinajstić information content (AvgIpc) is 3.39. The molecule has 1 heterocycles. The van der Waals surface area contributed by atoms with Crippen LogP contribution in [0.1, 0.15) is 54.9 Å². The van der Waals surface area contributed by atoms with Crippen molar-refractivity contribution in [3.05, 3.63) is 102 Å². The third-order valence-corrected chi connectivity index (χ3v) is 8.48. The molecule has 4 rings (SSSR count). The van der Waals surface area contributed by atoms with Crippen molar-refractivity contribution < 1.29 is 27.2 Å². The lowest BCUT2D eigenvalue weighted by Crippen LogP contribution is -2.64. The number of amides is 1. The van der Waals surface area contributed by atoms with Gasteiger partial charge in [0.1, 0.15) is 12.1 Å². The Bertz CT molecular complexity index is 1540. The molecule has 0 radical (unpaired) electrons. The molecule has 1 amide bonds. The van der Waals surface area contributed by atoms with Crippen molar-refractivity contribution in [1.82, 2.24) is 9.88 Å². The molecule has 0 aliphatic heterocycles. The van der Waals surface area contributed by atoms with Crippen LogP contribution < -0.4 is 5.14 Å². The molecule has 0 saturated heterocycles. The van der Waals surface area contributed by atoms with Crippen LogP contribution in [0.15, 0.2) is 89.3 Å². The average molecular weight is 578 g/mol. The van der Waals surface area contributed by atoms with E-state index in [0.29, 0.717) is 29.5 Å². The molecule has 10 heteroatoms. The van der Waals surface area contributed by atoms with Gasteiger partial charge < -0.3 is 9.15 Å². The fourth-order valence-corrected chi connectivity index (χ4v) is 5.96. The number of benzene rings is 3. The third kappa shape index (κ3) is 7.01. The van der Waals surface area contributed by atoms with Crippen LogP contribution in [-0.2, 0) is 27.8 Å². The fraction of sp³-hybridized carbons (Fsp3) is 0.323. The monoisotopic (exact) mass is 577 g/mol. The highest BCUT2D eigenvalue weighted by Crippen LogP contribution is 2.34. The maximum Gasteiger partial charge on any atom is 0.411 e. The van der Waals surface area contributed by atoms with E-state index in [-0.39, 0.29) is 31.9 Å². The molecule has 1 atom stereocenters. The first-order valence-electron chi connectivity index (χ1n) is 13.6. The predicted octanol–water partition coefficient (Wildman–Crippen LogP) is 5.70. The maximum absolute atomic E-state index is 14.3. The number of Topliss-reactive ketones (excluding diaryl/α,β-unsaturated/α-hetero) is 1. The highest BCUT2D eigenvalue weighted by atomic mass is 32.2. The molecular formula is C31H35N3O6S. The van der Waals surface area contributed by atoms with Crippen LogP contribution in [0.4, 0.5) is 4.79 Å². The lowest BCUT2D eigenvalue weighted by molar-refractivity contribution is 0.0507. The summed E-state index contributed by atoms with van der Waals surface area (Å²) in [4.78, 5) is 30.8. The molecule has 0 saturated carbocycles. The molecule has 0 spiro atoms. The van der Waals surface area contributed by atoms with Gasteiger partial charge in [-0.2, -0.15) is 0 Å². The normalized spacial score (nSPS) is 13.2. The second-order valence-corrected chi connectivity index (χ2v) is 12.1. The van der Waals surface area contributed by atoms with E-state index in [9.17, 15) is 18.0 Å². The van der Waals surface area contributed by atoms with Crippen LogP contribution in [0, 0.1) is 5.92 Å². The first-order chi connectivity index (χ1) is 19.6. The molecular weight excluding hydrogens is 542 g/mol. The molecule has 2 N–H and O–H groups in total. The number of ketones is 1. The van der Waals surface area contributed by atoms with Gasteiger partial charge in [-0.15, -0.1) is 0 Å². The number of primary sulfonamides is 1. The van der Waals surface area contributed by atoms with Gasteiger partial charge in [0.05, 0.1) is 0 Å². The molecule has 3 aromatic carbocycles. The van der Waals surface area contributed by atoms with Crippen LogP contribution in [-0.4, -0.2) is 41.6 Å². The van der Waals surface area contributed by atoms with Crippen molar-refractivity contribution in [3.63, 3.8) is 0 Å². The van der Waals surface area contributed by atoms with E-state index in [1.807, 2.05) is 50.2 Å². The Kier molecular flexibility index (Phi) is 9.57. The zero-order valence-electron chi connectivity index (χ0n) is 23.2. The molecule has 0 aliphatic carbocycles. The van der Waals surface area contributed by atoms with Gasteiger partial charge in [0.2, 0.25) is 14.9 Å². The Morgan fingerprint density at radius 2 is 1.56 bits per heavy atom. The Balaban J connectivity index is 1.79. The highest BCUT2D eigenvalue weighted by Gasteiger charge is 2.57. The fourth-order valence-electron chi connectivity index (χ4n) is 4.71. The summed E-state index contributed by atoms with van der Waals surface area (Å²) in [6.45, 7) is 3.67. The number of aryl methyl sites for hydroxylation is 1. The minimum atomic E-state index is -4.77. The van der Waals surface area contributed by atoms with Crippen molar-refractivity contribution in [2.45, 2.75) is 51.0 Å². The number of hydrogen-bond acceptors (Lipinski definition) is 7. The zero-order valence-corrected chi connectivity index (χ0v) is 24.0. The minimum absolute atomic E-state index is 0.0843. The van der Waals surface area contributed by atoms with Crippen molar-refractivity contribution in [2.24, 2.45) is 11.1 Å². The Labute approximate surface area is 240 Å². The SMILES string of the molecule is CC(C)CCN(C(=O)OCc1ccccc1)[C@](CCCc1ccccc1)(C(=O)c1nc2ccccc2o1)S(N)(=O)=O. The van der Waals surface area contributed by atoms with Gasteiger partial charge in [0, 0.05) is 6.54 Å². The number of nitrogens with two attached hydrogens (primary N) is 1. The smallest absolute Gasteiger partial charge is 0.411 e. The van der Waals surface area contributed by atoms with Crippen LogP contribution >= 0.6 is 0 Å². The largest absolute Gasteiger partial charge is 0.445 e. The van der Waals surface area contributed by atoms with Gasteiger partial charge in [-0.05, 0) is 54.9 Å². The van der Waals surface area contributed by atoms with Crippen molar-refractivity contribution in [3.8, 4) is 0 Å². The van der Waals surface area contributed by atoms with Gasteiger partial charge in [0.25, 0.3) is 11.7 Å². The molecule has 216 valence electrons. The summed E-state index contributed by atoms with van der Waals surface area (Å²) in [5.41, 5.74) is 2.35. The molecule has 0 fully saturated rings. The summed E-state index contributed by atoms with van der Waals surface area (Å²) in [5, 5.41) is 5.91. The number of para-hydroxylation sites is 2. The molecule has 4 aromatic rings. The molecule has 0 aliphatic rings. The Hall–Kier alpha value is -4.02. The van der Waals surface area contributed by atoms with Crippen molar-refractivity contribution >= 4 is 33.0 Å². The number of carbonyl (C=O) groups excluding carboxylic acids is 2. The summed E-state index contributed by atoms with van der Waals surface area (Å²) >= 11 is 0. The first-order valence-corrected chi connectivity index (χ1v) is 15.1. The van der Waals surface area contributed by atoms with Crippen LogP contribution in [0.5, 0.6) is 0 Å². The lowest BCUT2D eigenvalue weighted by atomic mass is 9.99. The number of ether oxygens (including phenoxy) is 1. The predicted molar refractivity (Wildman–Crippen MR) is 156 cm³/mol. The van der Waals surface area contributed by atoms with Gasteiger partial charge in [-0.25, -0.2) is 23.3 Å². The molecule has 0 unspecified atom stereocenters. The van der Waals surface area contributed by atoms with Gasteiger partial charge in [0.15, 0.2) is 5.58 Å². The van der Waals surface area contributed by atoms with E-state index in [2.05, 4.69) is 4.98 Å². The Morgan fingerprint density at radius 1 is 0.951 bits per heavy atom. The molecule has 41 heavy (non-hydrogen) atoms. The van der Waals surface area contributed by atoms with E-state index >= 15 is 0 Å². The van der Waals surface area contributed by atoms with E-state index in [1.54, 1.807) is 48.5 Å². The second kappa shape index (κ2) is 13.1. The van der Waals surface area contributed by atoms with Crippen LogP contribution in [0.3, 0.4) is 0 Å². The van der Waals surface area contributed by atoms with Gasteiger partial charge >= 0.3 is 6.09 Å². The van der Waals surface area contributed by atoms with Crippen LogP contribution in [0.2, 0.25) is 0 Å². The summed E-state index contributed by atoms with van der Waals surface area (Å²) < 4.78 is 38.6. The van der Waals surface area contributed by atoms with Gasteiger partial charge in [-0.3, -0.25) is 9.69 Å². The van der Waals surface area contributed by atoms with Crippen molar-refractivity contribution in [1.29, 1.82) is 0 Å². The number of hydrogen-bond donors (Lipinski definition) is 1. The zero-order chi connectivity index (χ0) is 29.5. The van der Waals surface area contributed by atoms with Crippen molar-refractivity contribution in [2.75, 3.05) is 6.54 Å². The molecule has 9 nitrogen and oxygen atoms in total. The summed E-state index contributed by atoms with van der Waals surface area (Å²) in [7, 11) is -4.77. The summed E-state index contributed by atoms with van der Waals surface area (Å²) in [6.07, 6.45) is -0.159. The lowest BCUT2D eigenvalue weighted by Gasteiger charge is -2.39. The number of oxazole rings is 1. The first kappa shape index (κ1) is 30.0. The highest BCUT2D eigenvalue weighted by molar-refractivity contribution is 7.91. The standard InChI is InChI=1S/C31H35N3O6S/c1-23(2)19-21-34(30(36)39-22-25-14-7-4-8-15-25)31(41(32,37)38,20-11-16-24-12-5-3-6-13-24)28(35)29-33-26-17-9-10-18-27(26)40-29/h3-10,12-15,17-18,23H,11,16,19-22H2,1-2H3,(H2,32,37,38)/t31-/m0/s1. The number of fused-ring (bicyclic) bond motifs is 1. The van der Waals surface area contributed by atoms with E-state index in [4.69, 9.17) is 14.3 Å². The second-order valence-electron chi connectivity index (χ2n) is 10.4. The minimum Gasteiger partial charge on any atom is -0.445 e. The summed E-state index contributed by atoms with van der Waals surface area (Å²) in [5.74, 6) is -1.36. The van der Waals surface area contributed by atoms with E-state index in [0.717, 1.165) is 10.5 Å². The van der Waals surface area contributed by atoms with E-state index < -0.39 is 32.7 Å². The maximum atomic E-state index is 14.3. The van der Waals surface area contributed by atoms with Crippen LogP contribution in [0.25, 0.3) is 11.1 Å². The topological polar surface area (TPSA) is 133 Å². The number of sulfonamides is 1. The number of carbonyl (C=O) groups is 2. The quantitative estimate of drug-likeness (QED) is 0.201.